The van der Waals surface area contributed by atoms with Crippen LogP contribution in [0.2, 0.25) is 0 Å². The first kappa shape index (κ1) is 10.2. The van der Waals surface area contributed by atoms with Crippen LogP contribution in [-0.4, -0.2) is 19.1 Å². The van der Waals surface area contributed by atoms with Crippen molar-refractivity contribution in [2.75, 3.05) is 7.11 Å². The Morgan fingerprint density at radius 3 is 3.07 bits per heavy atom. The molecule has 1 aliphatic carbocycles. The summed E-state index contributed by atoms with van der Waals surface area (Å²) in [5, 5.41) is 3.20. The fourth-order valence-corrected chi connectivity index (χ4v) is 1.62. The largest absolute Gasteiger partial charge is 0.472 e. The van der Waals surface area contributed by atoms with E-state index in [4.69, 9.17) is 9.15 Å². The standard InChI is InChI=1S/C11H15NO3/c1-14-11(13)10(9-2-3-9)12-6-8-4-5-15-7-8/h4-5,7,9-10,12H,2-3,6H2,1H3. The number of methoxy groups -OCH3 is 1. The van der Waals surface area contributed by atoms with Crippen LogP contribution in [0.1, 0.15) is 18.4 Å². The third kappa shape index (κ3) is 2.59. The van der Waals surface area contributed by atoms with E-state index in [9.17, 15) is 4.79 Å². The Kier molecular flexibility index (Phi) is 3.06. The van der Waals surface area contributed by atoms with Gasteiger partial charge < -0.3 is 9.15 Å². The molecule has 0 aliphatic heterocycles. The third-order valence-corrected chi connectivity index (χ3v) is 2.65. The Morgan fingerprint density at radius 1 is 1.73 bits per heavy atom. The molecule has 1 heterocycles. The van der Waals surface area contributed by atoms with Crippen LogP contribution in [0.3, 0.4) is 0 Å². The van der Waals surface area contributed by atoms with Gasteiger partial charge in [-0.15, -0.1) is 0 Å². The summed E-state index contributed by atoms with van der Waals surface area (Å²) in [6.45, 7) is 0.646. The van der Waals surface area contributed by atoms with E-state index < -0.39 is 0 Å². The molecule has 0 amide bonds. The third-order valence-electron chi connectivity index (χ3n) is 2.65. The highest BCUT2D eigenvalue weighted by atomic mass is 16.5. The van der Waals surface area contributed by atoms with Crippen LogP contribution in [0.25, 0.3) is 0 Å². The summed E-state index contributed by atoms with van der Waals surface area (Å²) < 4.78 is 9.71. The predicted octanol–water partition coefficient (Wildman–Crippen LogP) is 1.32. The second kappa shape index (κ2) is 4.49. The molecule has 2 rings (SSSR count). The molecule has 1 fully saturated rings. The number of carbonyl (C=O) groups is 1. The van der Waals surface area contributed by atoms with Crippen LogP contribution in [0.5, 0.6) is 0 Å². The van der Waals surface area contributed by atoms with Crippen LogP contribution in [0, 0.1) is 5.92 Å². The molecule has 15 heavy (non-hydrogen) atoms. The fourth-order valence-electron chi connectivity index (χ4n) is 1.62. The van der Waals surface area contributed by atoms with E-state index in [-0.39, 0.29) is 12.0 Å². The average Bonchev–Trinajstić information content (AvgIpc) is 2.95. The number of hydrogen-bond acceptors (Lipinski definition) is 4. The van der Waals surface area contributed by atoms with Gasteiger partial charge in [0.2, 0.25) is 0 Å². The molecule has 4 nitrogen and oxygen atoms in total. The average molecular weight is 209 g/mol. The molecule has 1 N–H and O–H groups in total. The van der Waals surface area contributed by atoms with Crippen molar-refractivity contribution < 1.29 is 13.9 Å². The zero-order valence-electron chi connectivity index (χ0n) is 8.73. The van der Waals surface area contributed by atoms with Gasteiger partial charge in [0.05, 0.1) is 19.6 Å². The van der Waals surface area contributed by atoms with Crippen molar-refractivity contribution in [1.29, 1.82) is 0 Å². The van der Waals surface area contributed by atoms with Gasteiger partial charge >= 0.3 is 5.97 Å². The van der Waals surface area contributed by atoms with Gasteiger partial charge in [-0.2, -0.15) is 0 Å². The lowest BCUT2D eigenvalue weighted by molar-refractivity contribution is -0.143. The zero-order chi connectivity index (χ0) is 10.7. The smallest absolute Gasteiger partial charge is 0.323 e. The molecule has 1 aromatic heterocycles. The van der Waals surface area contributed by atoms with Crippen LogP contribution >= 0.6 is 0 Å². The van der Waals surface area contributed by atoms with Crippen LogP contribution < -0.4 is 5.32 Å². The molecular weight excluding hydrogens is 194 g/mol. The maximum Gasteiger partial charge on any atom is 0.323 e. The van der Waals surface area contributed by atoms with Gasteiger partial charge in [-0.05, 0) is 24.8 Å². The lowest BCUT2D eigenvalue weighted by atomic mass is 10.2. The van der Waals surface area contributed by atoms with E-state index in [1.807, 2.05) is 6.07 Å². The van der Waals surface area contributed by atoms with Crippen molar-refractivity contribution in [3.8, 4) is 0 Å². The Hall–Kier alpha value is -1.29. The molecular formula is C11H15NO3. The number of nitrogens with one attached hydrogen (secondary N) is 1. The van der Waals surface area contributed by atoms with E-state index in [0.717, 1.165) is 18.4 Å². The maximum atomic E-state index is 11.4. The molecule has 1 saturated carbocycles. The zero-order valence-corrected chi connectivity index (χ0v) is 8.73. The van der Waals surface area contributed by atoms with Gasteiger partial charge in [0.1, 0.15) is 6.04 Å². The molecule has 1 aliphatic rings. The summed E-state index contributed by atoms with van der Waals surface area (Å²) in [6, 6.07) is 1.72. The number of rotatable bonds is 5. The van der Waals surface area contributed by atoms with Gasteiger partial charge in [-0.1, -0.05) is 0 Å². The second-order valence-corrected chi connectivity index (χ2v) is 3.85. The quantitative estimate of drug-likeness (QED) is 0.743. The van der Waals surface area contributed by atoms with Gasteiger partial charge in [0.25, 0.3) is 0 Å². The van der Waals surface area contributed by atoms with Crippen molar-refractivity contribution in [2.24, 2.45) is 5.92 Å². The summed E-state index contributed by atoms with van der Waals surface area (Å²) in [5.41, 5.74) is 1.05. The molecule has 0 bridgehead atoms. The molecule has 82 valence electrons. The molecule has 0 radical (unpaired) electrons. The summed E-state index contributed by atoms with van der Waals surface area (Å²) >= 11 is 0. The number of carbonyl (C=O) groups excluding carboxylic acids is 1. The highest BCUT2D eigenvalue weighted by Crippen LogP contribution is 2.33. The minimum Gasteiger partial charge on any atom is -0.472 e. The number of ether oxygens (including phenoxy) is 1. The first-order chi connectivity index (χ1) is 7.31. The Labute approximate surface area is 88.6 Å². The predicted molar refractivity (Wildman–Crippen MR) is 54.1 cm³/mol. The van der Waals surface area contributed by atoms with Gasteiger partial charge in [-0.25, -0.2) is 0 Å². The monoisotopic (exact) mass is 209 g/mol. The lowest BCUT2D eigenvalue weighted by Crippen LogP contribution is -2.38. The topological polar surface area (TPSA) is 51.5 Å². The molecule has 0 spiro atoms. The fraction of sp³-hybridized carbons (Fsp3) is 0.545. The van der Waals surface area contributed by atoms with Crippen molar-refractivity contribution in [3.63, 3.8) is 0 Å². The first-order valence-electron chi connectivity index (χ1n) is 5.13. The normalized spacial score (nSPS) is 17.4. The molecule has 1 atom stereocenters. The highest BCUT2D eigenvalue weighted by Gasteiger charge is 2.36. The Bertz CT molecular complexity index is 317. The van der Waals surface area contributed by atoms with Gasteiger partial charge in [0.15, 0.2) is 0 Å². The second-order valence-electron chi connectivity index (χ2n) is 3.85. The van der Waals surface area contributed by atoms with E-state index in [1.165, 1.54) is 7.11 Å². The van der Waals surface area contributed by atoms with E-state index in [0.29, 0.717) is 12.5 Å². The van der Waals surface area contributed by atoms with Crippen LogP contribution in [0.4, 0.5) is 0 Å². The summed E-state index contributed by atoms with van der Waals surface area (Å²) in [4.78, 5) is 11.4. The van der Waals surface area contributed by atoms with Crippen molar-refractivity contribution >= 4 is 5.97 Å². The van der Waals surface area contributed by atoms with Crippen molar-refractivity contribution in [3.05, 3.63) is 24.2 Å². The number of furan rings is 1. The van der Waals surface area contributed by atoms with E-state index in [2.05, 4.69) is 5.32 Å². The summed E-state index contributed by atoms with van der Waals surface area (Å²) in [6.07, 6.45) is 5.52. The summed E-state index contributed by atoms with van der Waals surface area (Å²) in [7, 11) is 1.43. The van der Waals surface area contributed by atoms with E-state index in [1.54, 1.807) is 12.5 Å². The maximum absolute atomic E-state index is 11.4. The molecule has 1 aromatic rings. The first-order valence-corrected chi connectivity index (χ1v) is 5.13. The minimum absolute atomic E-state index is 0.162. The molecule has 0 aromatic carbocycles. The number of esters is 1. The number of hydrogen-bond donors (Lipinski definition) is 1. The van der Waals surface area contributed by atoms with E-state index >= 15 is 0 Å². The van der Waals surface area contributed by atoms with Crippen molar-refractivity contribution in [1.82, 2.24) is 5.32 Å². The molecule has 0 saturated heterocycles. The molecule has 1 unspecified atom stereocenters. The lowest BCUT2D eigenvalue weighted by Gasteiger charge is -2.14. The van der Waals surface area contributed by atoms with Crippen LogP contribution in [0.15, 0.2) is 23.0 Å². The highest BCUT2D eigenvalue weighted by molar-refractivity contribution is 5.76. The minimum atomic E-state index is -0.166. The Balaban J connectivity index is 1.87. The van der Waals surface area contributed by atoms with Gasteiger partial charge in [-0.3, -0.25) is 10.1 Å². The van der Waals surface area contributed by atoms with Crippen molar-refractivity contribution in [2.45, 2.75) is 25.4 Å². The van der Waals surface area contributed by atoms with Gasteiger partial charge in [0, 0.05) is 12.1 Å². The Morgan fingerprint density at radius 2 is 2.53 bits per heavy atom. The molecule has 4 heteroatoms. The summed E-state index contributed by atoms with van der Waals surface area (Å²) in [5.74, 6) is 0.283. The van der Waals surface area contributed by atoms with Crippen LogP contribution in [-0.2, 0) is 16.1 Å². The SMILES string of the molecule is COC(=O)C(NCc1ccoc1)C1CC1.